The molecule has 1 atom stereocenters. The molecule has 3 rings (SSSR count). The highest BCUT2D eigenvalue weighted by molar-refractivity contribution is 7.99. The fraction of sp³-hybridized carbons (Fsp3) is 0.0909. The van der Waals surface area contributed by atoms with E-state index in [9.17, 15) is 22.8 Å². The standard InChI is InChI=1S/C11H5F3NO3PS/c12-4-2-7(6(14)9(19)5(4)13)15-1-20-10(15)3(8(2)16)11(17)18/h1,19H2,(H,17,18). The number of nitrogens with zero attached hydrogens (tertiary/aromatic N) is 1. The lowest BCUT2D eigenvalue weighted by molar-refractivity contribution is 0.0689. The number of carbonyl (C=O) groups is 1. The van der Waals surface area contributed by atoms with Gasteiger partial charge in [0, 0.05) is 5.30 Å². The second-order valence-corrected chi connectivity index (χ2v) is 5.61. The van der Waals surface area contributed by atoms with Gasteiger partial charge in [-0.05, 0) is 0 Å². The summed E-state index contributed by atoms with van der Waals surface area (Å²) in [6.45, 7) is 0. The third-order valence-electron chi connectivity index (χ3n) is 3.06. The van der Waals surface area contributed by atoms with Gasteiger partial charge >= 0.3 is 5.97 Å². The second kappa shape index (κ2) is 4.23. The molecule has 0 bridgehead atoms. The quantitative estimate of drug-likeness (QED) is 0.642. The first-order chi connectivity index (χ1) is 9.36. The summed E-state index contributed by atoms with van der Waals surface area (Å²) in [5, 5.41) is 7.56. The van der Waals surface area contributed by atoms with E-state index in [1.165, 1.54) is 0 Å². The number of thioether (sulfide) groups is 1. The van der Waals surface area contributed by atoms with Gasteiger partial charge in [-0.25, -0.2) is 18.0 Å². The molecule has 2 aromatic rings. The van der Waals surface area contributed by atoms with Crippen LogP contribution in [0.1, 0.15) is 10.4 Å². The summed E-state index contributed by atoms with van der Waals surface area (Å²) in [7, 11) is 1.73. The number of fused-ring (bicyclic) bond motifs is 3. The second-order valence-electron chi connectivity index (χ2n) is 4.10. The molecule has 0 saturated heterocycles. The number of hydrogen-bond acceptors (Lipinski definition) is 3. The Bertz CT molecular complexity index is 865. The third kappa shape index (κ3) is 1.49. The van der Waals surface area contributed by atoms with E-state index in [0.29, 0.717) is 0 Å². The Morgan fingerprint density at radius 1 is 1.25 bits per heavy atom. The average molecular weight is 319 g/mol. The number of carboxylic acids is 1. The average Bonchev–Trinajstić information content (AvgIpc) is 2.36. The molecule has 1 aromatic heterocycles. The number of benzene rings is 1. The first-order valence-corrected chi connectivity index (χ1v) is 6.81. The Labute approximate surface area is 115 Å². The van der Waals surface area contributed by atoms with E-state index in [2.05, 4.69) is 0 Å². The Kier molecular flexibility index (Phi) is 2.85. The van der Waals surface area contributed by atoms with Crippen LogP contribution >= 0.6 is 21.0 Å². The minimum absolute atomic E-state index is 0.0457. The molecule has 0 saturated carbocycles. The van der Waals surface area contributed by atoms with Crippen LogP contribution in [0.2, 0.25) is 0 Å². The fourth-order valence-electron chi connectivity index (χ4n) is 2.10. The lowest BCUT2D eigenvalue weighted by Crippen LogP contribution is -2.29. The molecule has 20 heavy (non-hydrogen) atoms. The summed E-state index contributed by atoms with van der Waals surface area (Å²) < 4.78 is 42.7. The van der Waals surface area contributed by atoms with Crippen LogP contribution in [0.5, 0.6) is 0 Å². The van der Waals surface area contributed by atoms with Crippen molar-refractivity contribution in [2.24, 2.45) is 0 Å². The molecule has 1 N–H and O–H groups in total. The van der Waals surface area contributed by atoms with Crippen molar-refractivity contribution in [1.82, 2.24) is 4.57 Å². The third-order valence-corrected chi connectivity index (χ3v) is 4.65. The Morgan fingerprint density at radius 2 is 1.90 bits per heavy atom. The van der Waals surface area contributed by atoms with Crippen molar-refractivity contribution in [3.05, 3.63) is 33.2 Å². The molecule has 1 unspecified atom stereocenters. The van der Waals surface area contributed by atoms with Gasteiger partial charge in [0.25, 0.3) is 0 Å². The summed E-state index contributed by atoms with van der Waals surface area (Å²) in [4.78, 5) is 23.1. The molecule has 4 nitrogen and oxygen atoms in total. The van der Waals surface area contributed by atoms with Crippen LogP contribution in [0.25, 0.3) is 10.9 Å². The van der Waals surface area contributed by atoms with Gasteiger partial charge in [-0.15, -0.1) is 0 Å². The van der Waals surface area contributed by atoms with Gasteiger partial charge in [-0.3, -0.25) is 4.79 Å². The van der Waals surface area contributed by atoms with Crippen LogP contribution in [-0.4, -0.2) is 15.6 Å². The smallest absolute Gasteiger partial charge is 0.342 e. The van der Waals surface area contributed by atoms with Gasteiger partial charge in [-0.1, -0.05) is 21.0 Å². The number of aromatic nitrogens is 1. The van der Waals surface area contributed by atoms with E-state index < -0.39 is 50.6 Å². The molecule has 0 aliphatic carbocycles. The molecule has 1 aromatic carbocycles. The van der Waals surface area contributed by atoms with Crippen LogP contribution in [0.3, 0.4) is 0 Å². The Balaban J connectivity index is 2.66. The van der Waals surface area contributed by atoms with Crippen molar-refractivity contribution in [3.8, 4) is 0 Å². The Hall–Kier alpha value is -1.53. The van der Waals surface area contributed by atoms with E-state index in [1.54, 1.807) is 9.24 Å². The predicted octanol–water partition coefficient (Wildman–Crippen LogP) is 1.68. The van der Waals surface area contributed by atoms with Crippen LogP contribution in [0.4, 0.5) is 13.2 Å². The SMILES string of the molecule is O=C(O)c1c2n(c3c(F)c(P)c(F)c(F)c3c1=O)CS2. The van der Waals surface area contributed by atoms with Crippen LogP contribution < -0.4 is 10.7 Å². The monoisotopic (exact) mass is 319 g/mol. The largest absolute Gasteiger partial charge is 0.477 e. The minimum Gasteiger partial charge on any atom is -0.477 e. The zero-order valence-electron chi connectivity index (χ0n) is 9.54. The lowest BCUT2D eigenvalue weighted by Gasteiger charge is -2.26. The fourth-order valence-corrected chi connectivity index (χ4v) is 3.30. The first-order valence-electron chi connectivity index (χ1n) is 5.24. The summed E-state index contributed by atoms with van der Waals surface area (Å²) in [5.41, 5.74) is -2.29. The summed E-state index contributed by atoms with van der Waals surface area (Å²) >= 11 is 1.03. The van der Waals surface area contributed by atoms with Gasteiger partial charge in [0.05, 0.1) is 21.8 Å². The van der Waals surface area contributed by atoms with E-state index >= 15 is 0 Å². The molecular formula is C11H5F3NO3PS. The molecule has 0 radical (unpaired) electrons. The molecule has 104 valence electrons. The molecule has 1 aliphatic heterocycles. The zero-order chi connectivity index (χ0) is 14.8. The lowest BCUT2D eigenvalue weighted by atomic mass is 10.1. The number of halogens is 3. The van der Waals surface area contributed by atoms with Crippen molar-refractivity contribution >= 4 is 43.2 Å². The molecule has 0 fully saturated rings. The highest BCUT2D eigenvalue weighted by Gasteiger charge is 2.32. The van der Waals surface area contributed by atoms with Crippen LogP contribution in [0, 0.1) is 17.5 Å². The molecule has 9 heteroatoms. The van der Waals surface area contributed by atoms with Gasteiger partial charge < -0.3 is 9.67 Å². The topological polar surface area (TPSA) is 59.3 Å². The molecule has 0 amide bonds. The normalized spacial score (nSPS) is 13.2. The Morgan fingerprint density at radius 3 is 2.40 bits per heavy atom. The van der Waals surface area contributed by atoms with Gasteiger partial charge in [0.2, 0.25) is 5.43 Å². The van der Waals surface area contributed by atoms with Crippen molar-refractivity contribution in [2.75, 3.05) is 0 Å². The summed E-state index contributed by atoms with van der Waals surface area (Å²) in [6.07, 6.45) is 0. The number of hydrogen-bond donors (Lipinski definition) is 1. The molecular weight excluding hydrogens is 314 g/mol. The number of pyridine rings is 1. The van der Waals surface area contributed by atoms with E-state index in [1.807, 2.05) is 0 Å². The van der Waals surface area contributed by atoms with Crippen LogP contribution in [-0.2, 0) is 5.88 Å². The predicted molar refractivity (Wildman–Crippen MR) is 70.2 cm³/mol. The minimum atomic E-state index is -1.55. The number of carboxylic acid groups (broad SMARTS) is 1. The highest BCUT2D eigenvalue weighted by atomic mass is 32.2. The van der Waals surface area contributed by atoms with Crippen molar-refractivity contribution < 1.29 is 23.1 Å². The van der Waals surface area contributed by atoms with Crippen molar-refractivity contribution in [1.29, 1.82) is 0 Å². The maximum absolute atomic E-state index is 14.1. The van der Waals surface area contributed by atoms with E-state index in [4.69, 9.17) is 5.11 Å². The summed E-state index contributed by atoms with van der Waals surface area (Å²) in [6, 6.07) is 0. The highest BCUT2D eigenvalue weighted by Crippen LogP contribution is 2.37. The van der Waals surface area contributed by atoms with Crippen molar-refractivity contribution in [3.63, 3.8) is 0 Å². The van der Waals surface area contributed by atoms with Gasteiger partial charge in [-0.2, -0.15) is 0 Å². The van der Waals surface area contributed by atoms with Gasteiger partial charge in [0.15, 0.2) is 17.5 Å². The van der Waals surface area contributed by atoms with Crippen LogP contribution in [0.15, 0.2) is 9.82 Å². The number of rotatable bonds is 1. The molecule has 0 spiro atoms. The first kappa shape index (κ1) is 13.5. The van der Waals surface area contributed by atoms with E-state index in [0.717, 1.165) is 16.3 Å². The van der Waals surface area contributed by atoms with Gasteiger partial charge in [0.1, 0.15) is 5.56 Å². The maximum Gasteiger partial charge on any atom is 0.342 e. The number of aromatic carboxylic acids is 1. The molecule has 1 aliphatic rings. The zero-order valence-corrected chi connectivity index (χ0v) is 11.5. The summed E-state index contributed by atoms with van der Waals surface area (Å²) in [5.74, 6) is -5.52. The molecule has 2 heterocycles. The van der Waals surface area contributed by atoms with E-state index in [-0.39, 0.29) is 10.9 Å². The van der Waals surface area contributed by atoms with Crippen molar-refractivity contribution in [2.45, 2.75) is 10.9 Å². The maximum atomic E-state index is 14.1.